The zero-order valence-electron chi connectivity index (χ0n) is 10.5. The van der Waals surface area contributed by atoms with Crippen LogP contribution in [-0.2, 0) is 13.6 Å². The lowest BCUT2D eigenvalue weighted by atomic mass is 10.2. The third kappa shape index (κ3) is 2.09. The first-order valence-corrected chi connectivity index (χ1v) is 6.64. The van der Waals surface area contributed by atoms with Crippen molar-refractivity contribution >= 4 is 34.1 Å². The number of nitrogens with zero attached hydrogens (tertiary/aromatic N) is 4. The Labute approximate surface area is 124 Å². The summed E-state index contributed by atoms with van der Waals surface area (Å²) in [6.45, 7) is 0.296. The molecule has 2 heterocycles. The predicted molar refractivity (Wildman–Crippen MR) is 78.3 cm³/mol. The lowest BCUT2D eigenvalue weighted by Gasteiger charge is -2.04. The molecule has 2 aromatic heterocycles. The Bertz CT molecular complexity index is 853. The fourth-order valence-electron chi connectivity index (χ4n) is 2.12. The van der Waals surface area contributed by atoms with Crippen LogP contribution in [0.5, 0.6) is 0 Å². The number of rotatable bonds is 2. The van der Waals surface area contributed by atoms with E-state index >= 15 is 0 Å². The summed E-state index contributed by atoms with van der Waals surface area (Å²) in [7, 11) is 1.86. The first-order valence-electron chi connectivity index (χ1n) is 5.89. The Morgan fingerprint density at radius 1 is 1.25 bits per heavy atom. The molecular formula is C13H10Cl2N4O. The average molecular weight is 309 g/mol. The molecule has 0 bridgehead atoms. The van der Waals surface area contributed by atoms with Crippen LogP contribution >= 0.6 is 23.2 Å². The van der Waals surface area contributed by atoms with Crippen molar-refractivity contribution in [2.75, 3.05) is 0 Å². The zero-order valence-corrected chi connectivity index (χ0v) is 12.1. The molecule has 102 valence electrons. The van der Waals surface area contributed by atoms with Gasteiger partial charge in [-0.05, 0) is 6.07 Å². The number of fused-ring (bicyclic) bond motifs is 1. The smallest absolute Gasteiger partial charge is 0.274 e. The molecule has 0 saturated heterocycles. The van der Waals surface area contributed by atoms with Gasteiger partial charge in [-0.1, -0.05) is 41.4 Å². The lowest BCUT2D eigenvalue weighted by Crippen LogP contribution is -2.22. The van der Waals surface area contributed by atoms with Crippen molar-refractivity contribution in [3.63, 3.8) is 0 Å². The molecule has 0 saturated carbocycles. The Balaban J connectivity index is 2.11. The molecule has 0 N–H and O–H groups in total. The summed E-state index contributed by atoms with van der Waals surface area (Å²) in [5.41, 5.74) is 1.41. The van der Waals surface area contributed by atoms with Gasteiger partial charge in [0.1, 0.15) is 5.02 Å². The van der Waals surface area contributed by atoms with Gasteiger partial charge in [0.15, 0.2) is 5.15 Å². The van der Waals surface area contributed by atoms with Gasteiger partial charge >= 0.3 is 0 Å². The lowest BCUT2D eigenvalue weighted by molar-refractivity contribution is 0.690. The normalized spacial score (nSPS) is 11.2. The second-order valence-corrected chi connectivity index (χ2v) is 5.11. The van der Waals surface area contributed by atoms with Gasteiger partial charge in [-0.3, -0.25) is 14.0 Å². The Morgan fingerprint density at radius 3 is 2.80 bits per heavy atom. The molecule has 0 atom stereocenters. The summed E-state index contributed by atoms with van der Waals surface area (Å²) in [6.07, 6.45) is 1.38. The number of benzene rings is 1. The van der Waals surface area contributed by atoms with Crippen LogP contribution in [0, 0.1) is 0 Å². The van der Waals surface area contributed by atoms with E-state index in [0.717, 1.165) is 16.6 Å². The first-order chi connectivity index (χ1) is 9.58. The maximum absolute atomic E-state index is 12.0. The number of hydrogen-bond donors (Lipinski definition) is 0. The zero-order chi connectivity index (χ0) is 14.3. The fraction of sp³-hybridized carbons (Fsp3) is 0.154. The molecular weight excluding hydrogens is 299 g/mol. The van der Waals surface area contributed by atoms with Crippen LogP contribution < -0.4 is 5.56 Å². The summed E-state index contributed by atoms with van der Waals surface area (Å²) in [6, 6.07) is 7.82. The highest BCUT2D eigenvalue weighted by Crippen LogP contribution is 2.18. The van der Waals surface area contributed by atoms with Crippen LogP contribution in [0.2, 0.25) is 10.2 Å². The number of halogens is 2. The van der Waals surface area contributed by atoms with E-state index in [-0.39, 0.29) is 15.7 Å². The monoisotopic (exact) mass is 308 g/mol. The molecule has 0 aliphatic carbocycles. The van der Waals surface area contributed by atoms with E-state index in [1.807, 2.05) is 31.3 Å². The molecule has 0 radical (unpaired) electrons. The van der Waals surface area contributed by atoms with Crippen molar-refractivity contribution < 1.29 is 0 Å². The minimum atomic E-state index is -0.374. The van der Waals surface area contributed by atoms with Gasteiger partial charge in [-0.15, -0.1) is 0 Å². The van der Waals surface area contributed by atoms with Crippen molar-refractivity contribution in [3.8, 4) is 0 Å². The van der Waals surface area contributed by atoms with Crippen molar-refractivity contribution in [2.24, 2.45) is 7.05 Å². The molecule has 0 unspecified atom stereocenters. The SMILES string of the molecule is Cn1nc(Cn2cnc(Cl)c(Cl)c2=O)c2ccccc21. The number of para-hydroxylation sites is 1. The van der Waals surface area contributed by atoms with Crippen LogP contribution in [0.15, 0.2) is 35.4 Å². The summed E-state index contributed by atoms with van der Waals surface area (Å²) in [5, 5.41) is 5.36. The fourth-order valence-corrected chi connectivity index (χ4v) is 2.41. The molecule has 3 aromatic rings. The minimum absolute atomic E-state index is 0.0128. The maximum atomic E-state index is 12.0. The standard InChI is InChI=1S/C13H10Cl2N4O/c1-18-10-5-3-2-4-8(10)9(17-18)6-19-7-16-12(15)11(14)13(19)20/h2-5,7H,6H2,1H3. The van der Waals surface area contributed by atoms with Gasteiger partial charge in [-0.25, -0.2) is 4.98 Å². The van der Waals surface area contributed by atoms with E-state index in [1.54, 1.807) is 4.68 Å². The van der Waals surface area contributed by atoms with Crippen LogP contribution in [0.1, 0.15) is 5.69 Å². The highest BCUT2D eigenvalue weighted by molar-refractivity contribution is 6.40. The molecule has 0 aliphatic rings. The summed E-state index contributed by atoms with van der Waals surface area (Å²) in [4.78, 5) is 15.9. The van der Waals surface area contributed by atoms with Crippen LogP contribution in [0.3, 0.4) is 0 Å². The van der Waals surface area contributed by atoms with E-state index in [1.165, 1.54) is 10.9 Å². The van der Waals surface area contributed by atoms with Gasteiger partial charge in [0, 0.05) is 12.4 Å². The molecule has 5 nitrogen and oxygen atoms in total. The molecule has 0 fully saturated rings. The van der Waals surface area contributed by atoms with Crippen molar-refractivity contribution in [1.29, 1.82) is 0 Å². The highest BCUT2D eigenvalue weighted by atomic mass is 35.5. The van der Waals surface area contributed by atoms with Gasteiger partial charge < -0.3 is 0 Å². The highest BCUT2D eigenvalue weighted by Gasteiger charge is 2.12. The van der Waals surface area contributed by atoms with Gasteiger partial charge in [0.25, 0.3) is 5.56 Å². The Morgan fingerprint density at radius 2 is 2.00 bits per heavy atom. The third-order valence-electron chi connectivity index (χ3n) is 3.09. The average Bonchev–Trinajstić information content (AvgIpc) is 2.77. The van der Waals surface area contributed by atoms with Gasteiger partial charge in [0.05, 0.1) is 24.1 Å². The van der Waals surface area contributed by atoms with Crippen LogP contribution in [-0.4, -0.2) is 19.3 Å². The maximum Gasteiger partial charge on any atom is 0.274 e. The third-order valence-corrected chi connectivity index (χ3v) is 3.82. The molecule has 7 heteroatoms. The van der Waals surface area contributed by atoms with Crippen LogP contribution in [0.25, 0.3) is 10.9 Å². The van der Waals surface area contributed by atoms with Crippen molar-refractivity contribution in [2.45, 2.75) is 6.54 Å². The number of aromatic nitrogens is 4. The summed E-state index contributed by atoms with van der Waals surface area (Å²) < 4.78 is 3.17. The summed E-state index contributed by atoms with van der Waals surface area (Å²) in [5.74, 6) is 0. The Kier molecular flexibility index (Phi) is 3.23. The molecule has 0 amide bonds. The summed E-state index contributed by atoms with van der Waals surface area (Å²) >= 11 is 11.5. The van der Waals surface area contributed by atoms with Gasteiger partial charge in [-0.2, -0.15) is 5.10 Å². The largest absolute Gasteiger partial charge is 0.292 e. The van der Waals surface area contributed by atoms with E-state index in [2.05, 4.69) is 10.1 Å². The van der Waals surface area contributed by atoms with E-state index in [4.69, 9.17) is 23.2 Å². The topological polar surface area (TPSA) is 52.7 Å². The van der Waals surface area contributed by atoms with E-state index in [0.29, 0.717) is 6.54 Å². The quantitative estimate of drug-likeness (QED) is 0.683. The predicted octanol–water partition coefficient (Wildman–Crippen LogP) is 2.49. The Hall–Kier alpha value is -1.85. The van der Waals surface area contributed by atoms with Gasteiger partial charge in [0.2, 0.25) is 0 Å². The number of hydrogen-bond acceptors (Lipinski definition) is 3. The van der Waals surface area contributed by atoms with Crippen molar-refractivity contribution in [1.82, 2.24) is 19.3 Å². The van der Waals surface area contributed by atoms with Crippen molar-refractivity contribution in [3.05, 3.63) is 56.8 Å². The second-order valence-electron chi connectivity index (χ2n) is 4.37. The van der Waals surface area contributed by atoms with Crippen LogP contribution in [0.4, 0.5) is 0 Å². The van der Waals surface area contributed by atoms with E-state index < -0.39 is 0 Å². The number of aryl methyl sites for hydroxylation is 1. The molecule has 20 heavy (non-hydrogen) atoms. The van der Waals surface area contributed by atoms with E-state index in [9.17, 15) is 4.79 Å². The molecule has 0 spiro atoms. The molecule has 1 aromatic carbocycles. The minimum Gasteiger partial charge on any atom is -0.292 e. The molecule has 0 aliphatic heterocycles. The molecule has 3 rings (SSSR count). The second kappa shape index (κ2) is 4.92. The first kappa shape index (κ1) is 13.1.